The first kappa shape index (κ1) is 25.0. The highest BCUT2D eigenvalue weighted by Gasteiger charge is 2.31. The molecule has 11 heteroatoms. The number of aromatic amines is 1. The zero-order chi connectivity index (χ0) is 26.0. The molecule has 0 aliphatic carbocycles. The van der Waals surface area contributed by atoms with Crippen LogP contribution in [0.1, 0.15) is 35.5 Å². The summed E-state index contributed by atoms with van der Waals surface area (Å²) in [4.78, 5) is 23.8. The number of H-pyrrole nitrogens is 1. The lowest BCUT2D eigenvalue weighted by molar-refractivity contribution is -0.137. The van der Waals surface area contributed by atoms with Gasteiger partial charge in [0.2, 0.25) is 0 Å². The fourth-order valence-corrected chi connectivity index (χ4v) is 3.79. The van der Waals surface area contributed by atoms with Gasteiger partial charge in [0.1, 0.15) is 17.3 Å². The average molecular weight is 502 g/mol. The van der Waals surface area contributed by atoms with Crippen molar-refractivity contribution in [1.29, 1.82) is 0 Å². The molecule has 4 aromatic rings. The summed E-state index contributed by atoms with van der Waals surface area (Å²) in [6.07, 6.45) is -1.36. The van der Waals surface area contributed by atoms with E-state index in [0.717, 1.165) is 17.7 Å². The summed E-state index contributed by atoms with van der Waals surface area (Å²) in [7, 11) is 3.06. The number of aromatic nitrogens is 4. The first-order valence-electron chi connectivity index (χ1n) is 10.8. The normalized spacial score (nSPS) is 12.4. The minimum absolute atomic E-state index is 0.0694. The van der Waals surface area contributed by atoms with Crippen molar-refractivity contribution in [2.24, 2.45) is 0 Å². The lowest BCUT2D eigenvalue weighted by Gasteiger charge is -2.16. The molecule has 188 valence electrons. The van der Waals surface area contributed by atoms with E-state index in [9.17, 15) is 22.4 Å². The Hall–Kier alpha value is -4.15. The molecule has 0 saturated heterocycles. The number of nitrogens with one attached hydrogen (secondary N) is 1. The first-order valence-corrected chi connectivity index (χ1v) is 10.8. The van der Waals surface area contributed by atoms with Gasteiger partial charge in [0.25, 0.3) is 5.56 Å². The summed E-state index contributed by atoms with van der Waals surface area (Å²) in [6.45, 7) is 1.63. The van der Waals surface area contributed by atoms with E-state index in [1.807, 2.05) is 6.07 Å². The highest BCUT2D eigenvalue weighted by atomic mass is 19.4. The van der Waals surface area contributed by atoms with E-state index in [-0.39, 0.29) is 11.1 Å². The topological polar surface area (TPSA) is 82.0 Å². The maximum Gasteiger partial charge on any atom is 0.416 e. The molecule has 1 atom stereocenters. The van der Waals surface area contributed by atoms with Gasteiger partial charge in [-0.15, -0.1) is 0 Å². The zero-order valence-corrected chi connectivity index (χ0v) is 19.6. The van der Waals surface area contributed by atoms with Crippen LogP contribution < -0.4 is 15.0 Å². The second kappa shape index (κ2) is 9.84. The van der Waals surface area contributed by atoms with Crippen LogP contribution in [0.3, 0.4) is 0 Å². The lowest BCUT2D eigenvalue weighted by atomic mass is 10.0. The lowest BCUT2D eigenvalue weighted by Crippen LogP contribution is -2.12. The van der Waals surface area contributed by atoms with Crippen LogP contribution in [-0.2, 0) is 12.6 Å². The Morgan fingerprint density at radius 2 is 1.78 bits per heavy atom. The van der Waals surface area contributed by atoms with Crippen LogP contribution in [0, 0.1) is 5.82 Å². The number of alkyl halides is 3. The van der Waals surface area contributed by atoms with Gasteiger partial charge < -0.3 is 19.0 Å². The third-order valence-corrected chi connectivity index (χ3v) is 5.70. The van der Waals surface area contributed by atoms with E-state index in [4.69, 9.17) is 9.47 Å². The molecule has 0 saturated carbocycles. The van der Waals surface area contributed by atoms with E-state index < -0.39 is 23.6 Å². The summed E-state index contributed by atoms with van der Waals surface area (Å²) in [6, 6.07) is 8.40. The van der Waals surface area contributed by atoms with E-state index in [0.29, 0.717) is 41.2 Å². The minimum atomic E-state index is -4.63. The van der Waals surface area contributed by atoms with Crippen LogP contribution in [0.4, 0.5) is 17.6 Å². The van der Waals surface area contributed by atoms with Crippen molar-refractivity contribution in [3.05, 3.63) is 93.7 Å². The molecule has 1 N–H and O–H groups in total. The molecule has 4 rings (SSSR count). The Morgan fingerprint density at radius 1 is 1.03 bits per heavy atom. The summed E-state index contributed by atoms with van der Waals surface area (Å²) >= 11 is 0. The summed E-state index contributed by atoms with van der Waals surface area (Å²) in [5, 5.41) is 0. The number of hydrogen-bond donors (Lipinski definition) is 1. The monoisotopic (exact) mass is 502 g/mol. The number of hydrogen-bond acceptors (Lipinski definition) is 5. The van der Waals surface area contributed by atoms with Gasteiger partial charge in [0, 0.05) is 24.2 Å². The molecule has 0 amide bonds. The molecule has 0 spiro atoms. The van der Waals surface area contributed by atoms with Gasteiger partial charge in [0.15, 0.2) is 11.5 Å². The fourth-order valence-electron chi connectivity index (χ4n) is 3.79. The molecular formula is C25H22F4N4O3. The number of imidazole rings is 1. The largest absolute Gasteiger partial charge is 0.493 e. The van der Waals surface area contributed by atoms with Crippen molar-refractivity contribution in [3.8, 4) is 22.9 Å². The second-order valence-corrected chi connectivity index (χ2v) is 8.06. The van der Waals surface area contributed by atoms with Crippen molar-refractivity contribution in [3.63, 3.8) is 0 Å². The summed E-state index contributed by atoms with van der Waals surface area (Å²) in [5.74, 6) is 0.525. The Labute approximate surface area is 203 Å². The van der Waals surface area contributed by atoms with Crippen molar-refractivity contribution in [2.45, 2.75) is 25.6 Å². The number of halogens is 4. The Bertz CT molecular complexity index is 1450. The molecule has 2 heterocycles. The first-order chi connectivity index (χ1) is 17.1. The summed E-state index contributed by atoms with van der Waals surface area (Å²) in [5.41, 5.74) is 0.107. The molecule has 36 heavy (non-hydrogen) atoms. The highest BCUT2D eigenvalue weighted by Crippen LogP contribution is 2.32. The molecule has 2 aromatic heterocycles. The quantitative estimate of drug-likeness (QED) is 0.360. The third kappa shape index (κ3) is 5.24. The van der Waals surface area contributed by atoms with Crippen molar-refractivity contribution < 1.29 is 27.0 Å². The third-order valence-electron chi connectivity index (χ3n) is 5.70. The van der Waals surface area contributed by atoms with Crippen LogP contribution >= 0.6 is 0 Å². The number of methoxy groups -OCH3 is 2. The van der Waals surface area contributed by atoms with E-state index in [1.165, 1.54) is 31.2 Å². The number of nitrogens with zero attached hydrogens (tertiary/aromatic N) is 3. The molecule has 0 fully saturated rings. The van der Waals surface area contributed by atoms with Crippen molar-refractivity contribution in [1.82, 2.24) is 19.5 Å². The van der Waals surface area contributed by atoms with Crippen LogP contribution in [0.5, 0.6) is 11.5 Å². The maximum absolute atomic E-state index is 14.5. The highest BCUT2D eigenvalue weighted by molar-refractivity contribution is 5.52. The van der Waals surface area contributed by atoms with Gasteiger partial charge in [-0.3, -0.25) is 4.79 Å². The standard InChI is InChI=1S/C25H22F4N4O3/c1-14(17-6-5-16(10-18(17)26)25(27,28)29)33-12-20(30-13-33)19-11-24(34)32-23(31-19)9-15-4-7-21(35-2)22(8-15)36-3/h4-8,10-14H,9H2,1-3H3,(H,31,32,34)/t14-/m1/s1. The molecule has 2 aromatic carbocycles. The number of benzene rings is 2. The second-order valence-electron chi connectivity index (χ2n) is 8.06. The SMILES string of the molecule is COc1ccc(Cc2nc(-c3cn([C@H](C)c4ccc(C(F)(F)F)cc4F)cn3)cc(=O)[nH]2)cc1OC. The maximum atomic E-state index is 14.5. The molecule has 0 bridgehead atoms. The Balaban J connectivity index is 1.59. The molecule has 7 nitrogen and oxygen atoms in total. The van der Waals surface area contributed by atoms with Gasteiger partial charge in [-0.2, -0.15) is 13.2 Å². The van der Waals surface area contributed by atoms with Crippen LogP contribution in [0.25, 0.3) is 11.4 Å². The zero-order valence-electron chi connectivity index (χ0n) is 19.6. The predicted octanol–water partition coefficient (Wildman–Crippen LogP) is 5.01. The number of ether oxygens (including phenoxy) is 2. The minimum Gasteiger partial charge on any atom is -0.493 e. The van der Waals surface area contributed by atoms with Gasteiger partial charge in [-0.25, -0.2) is 14.4 Å². The molecule has 0 aliphatic rings. The smallest absolute Gasteiger partial charge is 0.416 e. The predicted molar refractivity (Wildman–Crippen MR) is 124 cm³/mol. The van der Waals surface area contributed by atoms with E-state index >= 15 is 0 Å². The van der Waals surface area contributed by atoms with Crippen molar-refractivity contribution in [2.75, 3.05) is 14.2 Å². The summed E-state index contributed by atoms with van der Waals surface area (Å²) < 4.78 is 65.1. The van der Waals surface area contributed by atoms with Gasteiger partial charge in [-0.05, 0) is 36.8 Å². The average Bonchev–Trinajstić information content (AvgIpc) is 3.33. The molecule has 0 unspecified atom stereocenters. The Morgan fingerprint density at radius 3 is 2.44 bits per heavy atom. The molecule has 0 radical (unpaired) electrons. The van der Waals surface area contributed by atoms with Gasteiger partial charge in [0.05, 0.1) is 37.8 Å². The van der Waals surface area contributed by atoms with E-state index in [2.05, 4.69) is 15.0 Å². The van der Waals surface area contributed by atoms with Crippen LogP contribution in [-0.4, -0.2) is 33.7 Å². The van der Waals surface area contributed by atoms with Crippen LogP contribution in [0.2, 0.25) is 0 Å². The van der Waals surface area contributed by atoms with Gasteiger partial charge in [-0.1, -0.05) is 12.1 Å². The van der Waals surface area contributed by atoms with Crippen LogP contribution in [0.15, 0.2) is 59.8 Å². The van der Waals surface area contributed by atoms with E-state index in [1.54, 1.807) is 25.3 Å². The molecular weight excluding hydrogens is 480 g/mol. The van der Waals surface area contributed by atoms with Crippen molar-refractivity contribution >= 4 is 0 Å². The number of rotatable bonds is 7. The Kier molecular flexibility index (Phi) is 6.82. The fraction of sp³-hybridized carbons (Fsp3) is 0.240. The molecule has 0 aliphatic heterocycles. The van der Waals surface area contributed by atoms with Gasteiger partial charge >= 0.3 is 6.18 Å².